The van der Waals surface area contributed by atoms with E-state index in [0.717, 1.165) is 0 Å². The van der Waals surface area contributed by atoms with E-state index in [2.05, 4.69) is 4.98 Å². The smallest absolute Gasteiger partial charge is 0.410 e. The number of halogens is 1. The summed E-state index contributed by atoms with van der Waals surface area (Å²) in [5, 5.41) is 0.234. The molecule has 0 spiro atoms. The number of pyridine rings is 1. The molecule has 0 unspecified atom stereocenters. The molecule has 24 heavy (non-hydrogen) atoms. The average Bonchev–Trinajstić information content (AvgIpc) is 2.95. The molecule has 2 rings (SSSR count). The van der Waals surface area contributed by atoms with Crippen molar-refractivity contribution in [3.8, 4) is 0 Å². The maximum absolute atomic E-state index is 12.6. The summed E-state index contributed by atoms with van der Waals surface area (Å²) < 4.78 is 31.9. The summed E-state index contributed by atoms with van der Waals surface area (Å²) in [7, 11) is -2.03. The monoisotopic (exact) mass is 375 g/mol. The van der Waals surface area contributed by atoms with Crippen LogP contribution in [0.3, 0.4) is 0 Å². The summed E-state index contributed by atoms with van der Waals surface area (Å²) >= 11 is 5.70. The predicted octanol–water partition coefficient (Wildman–Crippen LogP) is 2.36. The third-order valence-corrected chi connectivity index (χ3v) is 5.77. The van der Waals surface area contributed by atoms with E-state index in [1.165, 1.54) is 27.5 Å². The van der Waals surface area contributed by atoms with Crippen molar-refractivity contribution in [2.75, 3.05) is 20.1 Å². The van der Waals surface area contributed by atoms with Crippen LogP contribution in [0.25, 0.3) is 0 Å². The number of ether oxygens (including phenoxy) is 1. The van der Waals surface area contributed by atoms with Crippen LogP contribution in [0.5, 0.6) is 0 Å². The van der Waals surface area contributed by atoms with Crippen LogP contribution in [0.1, 0.15) is 27.2 Å². The van der Waals surface area contributed by atoms with Crippen LogP contribution < -0.4 is 0 Å². The summed E-state index contributed by atoms with van der Waals surface area (Å²) in [4.78, 5) is 17.5. The van der Waals surface area contributed by atoms with Crippen LogP contribution in [0.2, 0.25) is 5.15 Å². The first kappa shape index (κ1) is 19.0. The fourth-order valence-corrected chi connectivity index (χ4v) is 3.94. The van der Waals surface area contributed by atoms with Gasteiger partial charge in [-0.05, 0) is 39.3 Å². The normalized spacial score (nSPS) is 19.3. The first-order valence-corrected chi connectivity index (χ1v) is 9.40. The lowest BCUT2D eigenvalue weighted by Crippen LogP contribution is -2.42. The Morgan fingerprint density at radius 3 is 2.62 bits per heavy atom. The minimum absolute atomic E-state index is 0.0903. The van der Waals surface area contributed by atoms with Crippen LogP contribution in [0.4, 0.5) is 4.79 Å². The van der Waals surface area contributed by atoms with Crippen molar-refractivity contribution in [2.24, 2.45) is 0 Å². The van der Waals surface area contributed by atoms with Gasteiger partial charge in [-0.25, -0.2) is 18.2 Å². The number of carbonyl (C=O) groups excluding carboxylic acids is 1. The number of amides is 1. The largest absolute Gasteiger partial charge is 0.444 e. The Morgan fingerprint density at radius 1 is 1.42 bits per heavy atom. The first-order valence-electron chi connectivity index (χ1n) is 7.58. The quantitative estimate of drug-likeness (QED) is 0.757. The molecule has 1 aliphatic rings. The topological polar surface area (TPSA) is 79.8 Å². The Morgan fingerprint density at radius 2 is 2.08 bits per heavy atom. The molecule has 1 aliphatic heterocycles. The zero-order valence-corrected chi connectivity index (χ0v) is 15.8. The van der Waals surface area contributed by atoms with Gasteiger partial charge in [-0.2, -0.15) is 4.31 Å². The molecule has 1 fully saturated rings. The molecule has 134 valence electrons. The Bertz CT molecular complexity index is 700. The highest BCUT2D eigenvalue weighted by Crippen LogP contribution is 2.24. The molecule has 1 amide bonds. The number of hydrogen-bond acceptors (Lipinski definition) is 5. The van der Waals surface area contributed by atoms with Crippen LogP contribution in [0.15, 0.2) is 23.2 Å². The van der Waals surface area contributed by atoms with Crippen molar-refractivity contribution in [3.05, 3.63) is 23.5 Å². The molecule has 0 radical (unpaired) electrons. The van der Waals surface area contributed by atoms with E-state index >= 15 is 0 Å². The molecule has 2 heterocycles. The summed E-state index contributed by atoms with van der Waals surface area (Å²) in [6.45, 7) is 5.93. The predicted molar refractivity (Wildman–Crippen MR) is 90.4 cm³/mol. The molecule has 1 saturated heterocycles. The second-order valence-electron chi connectivity index (χ2n) is 6.71. The number of hydrogen-bond donors (Lipinski definition) is 0. The number of sulfonamides is 1. The van der Waals surface area contributed by atoms with Gasteiger partial charge in [-0.15, -0.1) is 0 Å². The van der Waals surface area contributed by atoms with E-state index < -0.39 is 21.7 Å². The lowest BCUT2D eigenvalue weighted by Gasteiger charge is -2.28. The van der Waals surface area contributed by atoms with E-state index in [9.17, 15) is 13.2 Å². The third kappa shape index (κ3) is 4.37. The number of likely N-dealkylation sites (N-methyl/N-ethyl adjacent to an activating group) is 1. The van der Waals surface area contributed by atoms with Gasteiger partial charge in [0, 0.05) is 32.4 Å². The molecule has 0 aliphatic carbocycles. The van der Waals surface area contributed by atoms with E-state index in [4.69, 9.17) is 16.3 Å². The van der Waals surface area contributed by atoms with Crippen molar-refractivity contribution >= 4 is 27.7 Å². The molecule has 0 bridgehead atoms. The first-order chi connectivity index (χ1) is 11.0. The SMILES string of the molecule is CN(C(=O)OC(C)(C)C)[C@@H]1CCN(S(=O)(=O)c2ccc(Cl)nc2)C1. The van der Waals surface area contributed by atoms with Crippen LogP contribution in [-0.2, 0) is 14.8 Å². The Labute approximate surface area is 147 Å². The highest BCUT2D eigenvalue weighted by atomic mass is 35.5. The van der Waals surface area contributed by atoms with Crippen LogP contribution >= 0.6 is 11.6 Å². The fourth-order valence-electron chi connectivity index (χ4n) is 2.39. The zero-order valence-electron chi connectivity index (χ0n) is 14.2. The van der Waals surface area contributed by atoms with Crippen molar-refractivity contribution < 1.29 is 17.9 Å². The van der Waals surface area contributed by atoms with Gasteiger partial charge in [0.15, 0.2) is 0 Å². The van der Waals surface area contributed by atoms with E-state index in [-0.39, 0.29) is 22.6 Å². The molecule has 0 saturated carbocycles. The molecule has 1 atom stereocenters. The van der Waals surface area contributed by atoms with E-state index in [0.29, 0.717) is 13.0 Å². The molecular weight excluding hydrogens is 354 g/mol. The van der Waals surface area contributed by atoms with Gasteiger partial charge in [0.1, 0.15) is 15.6 Å². The Balaban J connectivity index is 2.07. The summed E-state index contributed by atoms with van der Waals surface area (Å²) in [6.07, 6.45) is 1.33. The molecular formula is C15H22ClN3O4S. The van der Waals surface area contributed by atoms with Gasteiger partial charge in [0.05, 0.1) is 0 Å². The van der Waals surface area contributed by atoms with Crippen LogP contribution in [0, 0.1) is 0 Å². The third-order valence-electron chi connectivity index (χ3n) is 3.69. The van der Waals surface area contributed by atoms with Crippen molar-refractivity contribution in [1.82, 2.24) is 14.2 Å². The highest BCUT2D eigenvalue weighted by molar-refractivity contribution is 7.89. The number of carbonyl (C=O) groups is 1. The molecule has 1 aromatic rings. The maximum Gasteiger partial charge on any atom is 0.410 e. The lowest BCUT2D eigenvalue weighted by atomic mass is 10.2. The van der Waals surface area contributed by atoms with Gasteiger partial charge in [-0.3, -0.25) is 0 Å². The van der Waals surface area contributed by atoms with Gasteiger partial charge in [-0.1, -0.05) is 11.6 Å². The summed E-state index contributed by atoms with van der Waals surface area (Å²) in [5.41, 5.74) is -0.593. The standard InChI is InChI=1S/C15H22ClN3O4S/c1-15(2,3)23-14(20)18(4)11-7-8-19(10-11)24(21,22)12-5-6-13(16)17-9-12/h5-6,9,11H,7-8,10H2,1-4H3/t11-/m1/s1. The van der Waals surface area contributed by atoms with E-state index in [1.807, 2.05) is 0 Å². The average molecular weight is 376 g/mol. The van der Waals surface area contributed by atoms with Crippen molar-refractivity contribution in [2.45, 2.75) is 43.7 Å². The minimum atomic E-state index is -3.65. The number of rotatable bonds is 3. The van der Waals surface area contributed by atoms with Gasteiger partial charge in [0.2, 0.25) is 10.0 Å². The molecule has 1 aromatic heterocycles. The lowest BCUT2D eigenvalue weighted by molar-refractivity contribution is 0.0233. The molecule has 0 N–H and O–H groups in total. The zero-order chi connectivity index (χ0) is 18.1. The summed E-state index contributed by atoms with van der Waals surface area (Å²) in [5.74, 6) is 0. The van der Waals surface area contributed by atoms with E-state index in [1.54, 1.807) is 27.8 Å². The molecule has 9 heteroatoms. The summed E-state index contributed by atoms with van der Waals surface area (Å²) in [6, 6.07) is 2.64. The molecule has 7 nitrogen and oxygen atoms in total. The van der Waals surface area contributed by atoms with Gasteiger partial charge < -0.3 is 9.64 Å². The second kappa shape index (κ2) is 6.85. The van der Waals surface area contributed by atoms with Crippen LogP contribution in [-0.4, -0.2) is 60.5 Å². The minimum Gasteiger partial charge on any atom is -0.444 e. The van der Waals surface area contributed by atoms with Gasteiger partial charge >= 0.3 is 6.09 Å². The highest BCUT2D eigenvalue weighted by Gasteiger charge is 2.36. The number of nitrogens with zero attached hydrogens (tertiary/aromatic N) is 3. The maximum atomic E-state index is 12.6. The second-order valence-corrected chi connectivity index (χ2v) is 9.04. The Hall–Kier alpha value is -1.38. The van der Waals surface area contributed by atoms with Gasteiger partial charge in [0.25, 0.3) is 0 Å². The number of aromatic nitrogens is 1. The Kier molecular flexibility index (Phi) is 5.41. The van der Waals surface area contributed by atoms with Crippen molar-refractivity contribution in [1.29, 1.82) is 0 Å². The molecule has 0 aromatic carbocycles. The fraction of sp³-hybridized carbons (Fsp3) is 0.600. The van der Waals surface area contributed by atoms with Crippen molar-refractivity contribution in [3.63, 3.8) is 0 Å².